The SMILES string of the molecule is Cn1nc(C(=O)NC2CCCCCC2)cc1NC(=O)c1cccs1. The maximum atomic E-state index is 12.4. The average Bonchev–Trinajstić information content (AvgIpc) is 3.14. The van der Waals surface area contributed by atoms with Gasteiger partial charge < -0.3 is 10.6 Å². The summed E-state index contributed by atoms with van der Waals surface area (Å²) in [7, 11) is 1.71. The van der Waals surface area contributed by atoms with Crippen LogP contribution < -0.4 is 10.6 Å². The van der Waals surface area contributed by atoms with Crippen LogP contribution in [0.15, 0.2) is 23.6 Å². The third-order valence-electron chi connectivity index (χ3n) is 4.29. The molecule has 0 atom stereocenters. The van der Waals surface area contributed by atoms with E-state index in [1.165, 1.54) is 28.9 Å². The van der Waals surface area contributed by atoms with Crippen LogP contribution in [0.1, 0.15) is 58.7 Å². The first kappa shape index (κ1) is 16.7. The lowest BCUT2D eigenvalue weighted by Crippen LogP contribution is -2.34. The molecule has 0 bridgehead atoms. The zero-order valence-electron chi connectivity index (χ0n) is 13.7. The van der Waals surface area contributed by atoms with Gasteiger partial charge in [0.25, 0.3) is 11.8 Å². The molecule has 2 aromatic rings. The minimum absolute atomic E-state index is 0.172. The summed E-state index contributed by atoms with van der Waals surface area (Å²) in [6.45, 7) is 0. The number of carbonyl (C=O) groups excluding carboxylic acids is 2. The first-order valence-electron chi connectivity index (χ1n) is 8.33. The summed E-state index contributed by atoms with van der Waals surface area (Å²) in [4.78, 5) is 25.2. The van der Waals surface area contributed by atoms with Crippen LogP contribution in [0.25, 0.3) is 0 Å². The van der Waals surface area contributed by atoms with Gasteiger partial charge in [0.15, 0.2) is 5.69 Å². The van der Waals surface area contributed by atoms with Gasteiger partial charge in [0.1, 0.15) is 5.82 Å². The molecule has 1 fully saturated rings. The standard InChI is InChI=1S/C17H22N4O2S/c1-21-15(19-17(23)14-9-6-10-24-14)11-13(20-21)16(22)18-12-7-4-2-3-5-8-12/h6,9-12H,2-5,7-8H2,1H3,(H,18,22)(H,19,23). The molecule has 6 nitrogen and oxygen atoms in total. The largest absolute Gasteiger partial charge is 0.348 e. The summed E-state index contributed by atoms with van der Waals surface area (Å²) >= 11 is 1.37. The molecule has 2 amide bonds. The number of hydrogen-bond donors (Lipinski definition) is 2. The van der Waals surface area contributed by atoms with Crippen molar-refractivity contribution in [2.75, 3.05) is 5.32 Å². The maximum Gasteiger partial charge on any atom is 0.272 e. The Morgan fingerprint density at radius 2 is 1.96 bits per heavy atom. The van der Waals surface area contributed by atoms with Gasteiger partial charge in [-0.15, -0.1) is 11.3 Å². The molecule has 1 aliphatic carbocycles. The second kappa shape index (κ2) is 7.61. The number of rotatable bonds is 4. The Morgan fingerprint density at radius 3 is 2.62 bits per heavy atom. The van der Waals surface area contributed by atoms with E-state index in [1.54, 1.807) is 19.2 Å². The molecule has 2 aromatic heterocycles. The van der Waals surface area contributed by atoms with E-state index in [9.17, 15) is 9.59 Å². The van der Waals surface area contributed by atoms with Crippen molar-refractivity contribution in [2.24, 2.45) is 7.05 Å². The minimum Gasteiger partial charge on any atom is -0.348 e. The quantitative estimate of drug-likeness (QED) is 0.835. The molecule has 2 heterocycles. The van der Waals surface area contributed by atoms with E-state index in [4.69, 9.17) is 0 Å². The fourth-order valence-electron chi connectivity index (χ4n) is 2.96. The molecule has 1 aliphatic rings. The Morgan fingerprint density at radius 1 is 1.21 bits per heavy atom. The Kier molecular flexibility index (Phi) is 5.30. The second-order valence-corrected chi connectivity index (χ2v) is 7.08. The number of nitrogens with zero attached hydrogens (tertiary/aromatic N) is 2. The maximum absolute atomic E-state index is 12.4. The summed E-state index contributed by atoms with van der Waals surface area (Å²) in [6.07, 6.45) is 6.87. The summed E-state index contributed by atoms with van der Waals surface area (Å²) < 4.78 is 1.52. The fourth-order valence-corrected chi connectivity index (χ4v) is 3.58. The minimum atomic E-state index is -0.191. The normalized spacial score (nSPS) is 15.7. The number of aryl methyl sites for hydroxylation is 1. The fraction of sp³-hybridized carbons (Fsp3) is 0.471. The second-order valence-electron chi connectivity index (χ2n) is 6.13. The van der Waals surface area contributed by atoms with Gasteiger partial charge in [-0.3, -0.25) is 14.3 Å². The first-order chi connectivity index (χ1) is 11.6. The van der Waals surface area contributed by atoms with E-state index in [2.05, 4.69) is 15.7 Å². The van der Waals surface area contributed by atoms with E-state index in [0.29, 0.717) is 16.4 Å². The molecule has 7 heteroatoms. The highest BCUT2D eigenvalue weighted by atomic mass is 32.1. The van der Waals surface area contributed by atoms with Gasteiger partial charge in [0.2, 0.25) is 0 Å². The number of aromatic nitrogens is 2. The van der Waals surface area contributed by atoms with Crippen molar-refractivity contribution in [2.45, 2.75) is 44.6 Å². The molecule has 0 radical (unpaired) electrons. The molecular formula is C17H22N4O2S. The zero-order valence-corrected chi connectivity index (χ0v) is 14.6. The van der Waals surface area contributed by atoms with Crippen LogP contribution in [0.5, 0.6) is 0 Å². The van der Waals surface area contributed by atoms with Crippen molar-refractivity contribution in [1.29, 1.82) is 0 Å². The lowest BCUT2D eigenvalue weighted by molar-refractivity contribution is 0.0927. The van der Waals surface area contributed by atoms with Crippen molar-refractivity contribution in [1.82, 2.24) is 15.1 Å². The van der Waals surface area contributed by atoms with Gasteiger partial charge in [0.05, 0.1) is 4.88 Å². The molecule has 128 valence electrons. The number of nitrogens with one attached hydrogen (secondary N) is 2. The van der Waals surface area contributed by atoms with Gasteiger partial charge in [-0.2, -0.15) is 5.10 Å². The van der Waals surface area contributed by atoms with Crippen LogP contribution in [0.4, 0.5) is 5.82 Å². The molecule has 2 N–H and O–H groups in total. The van der Waals surface area contributed by atoms with Crippen molar-refractivity contribution in [3.05, 3.63) is 34.2 Å². The van der Waals surface area contributed by atoms with Crippen molar-refractivity contribution in [3.8, 4) is 0 Å². The van der Waals surface area contributed by atoms with Gasteiger partial charge >= 0.3 is 0 Å². The molecule has 0 unspecified atom stereocenters. The van der Waals surface area contributed by atoms with E-state index in [1.807, 2.05) is 11.4 Å². The Bertz CT molecular complexity index is 700. The number of amides is 2. The van der Waals surface area contributed by atoms with E-state index in [0.717, 1.165) is 25.7 Å². The van der Waals surface area contributed by atoms with Crippen LogP contribution >= 0.6 is 11.3 Å². The van der Waals surface area contributed by atoms with Crippen LogP contribution in [0, 0.1) is 0 Å². The number of hydrogen-bond acceptors (Lipinski definition) is 4. The van der Waals surface area contributed by atoms with E-state index in [-0.39, 0.29) is 17.9 Å². The highest BCUT2D eigenvalue weighted by molar-refractivity contribution is 7.12. The Balaban J connectivity index is 1.64. The smallest absolute Gasteiger partial charge is 0.272 e. The third-order valence-corrected chi connectivity index (χ3v) is 5.16. The lowest BCUT2D eigenvalue weighted by Gasteiger charge is -2.14. The number of carbonyl (C=O) groups is 2. The third kappa shape index (κ3) is 4.03. The molecule has 3 rings (SSSR count). The van der Waals surface area contributed by atoms with Crippen molar-refractivity contribution >= 4 is 29.0 Å². The molecular weight excluding hydrogens is 324 g/mol. The zero-order chi connectivity index (χ0) is 16.9. The van der Waals surface area contributed by atoms with Crippen molar-refractivity contribution < 1.29 is 9.59 Å². The average molecular weight is 346 g/mol. The highest BCUT2D eigenvalue weighted by Gasteiger charge is 2.19. The number of thiophene rings is 1. The summed E-state index contributed by atoms with van der Waals surface area (Å²) in [5.74, 6) is 0.150. The molecule has 0 aliphatic heterocycles. The van der Waals surface area contributed by atoms with Crippen molar-refractivity contribution in [3.63, 3.8) is 0 Å². The van der Waals surface area contributed by atoms with Gasteiger partial charge in [-0.1, -0.05) is 31.7 Å². The summed E-state index contributed by atoms with van der Waals surface area (Å²) in [5.41, 5.74) is 0.336. The van der Waals surface area contributed by atoms with Crippen LogP contribution in [-0.2, 0) is 7.05 Å². The molecule has 1 saturated carbocycles. The van der Waals surface area contributed by atoms with Gasteiger partial charge in [-0.05, 0) is 24.3 Å². The predicted octanol–water partition coefficient (Wildman–Crippen LogP) is 3.19. The molecule has 0 spiro atoms. The Hall–Kier alpha value is -2.15. The monoisotopic (exact) mass is 346 g/mol. The lowest BCUT2D eigenvalue weighted by atomic mass is 10.1. The summed E-state index contributed by atoms with van der Waals surface area (Å²) in [6, 6.07) is 5.44. The van der Waals surface area contributed by atoms with Gasteiger partial charge in [0, 0.05) is 19.2 Å². The van der Waals surface area contributed by atoms with Crippen LogP contribution in [-0.4, -0.2) is 27.6 Å². The predicted molar refractivity (Wildman–Crippen MR) is 94.4 cm³/mol. The van der Waals surface area contributed by atoms with E-state index >= 15 is 0 Å². The topological polar surface area (TPSA) is 76.0 Å². The molecule has 0 aromatic carbocycles. The number of anilines is 1. The molecule has 24 heavy (non-hydrogen) atoms. The van der Waals surface area contributed by atoms with Crippen LogP contribution in [0.3, 0.4) is 0 Å². The highest BCUT2D eigenvalue weighted by Crippen LogP contribution is 2.18. The van der Waals surface area contributed by atoms with E-state index < -0.39 is 0 Å². The first-order valence-corrected chi connectivity index (χ1v) is 9.21. The van der Waals surface area contributed by atoms with Gasteiger partial charge in [-0.25, -0.2) is 0 Å². The van der Waals surface area contributed by atoms with Crippen LogP contribution in [0.2, 0.25) is 0 Å². The summed E-state index contributed by atoms with van der Waals surface area (Å²) in [5, 5.41) is 11.9. The Labute approximate surface area is 145 Å². The molecule has 0 saturated heterocycles.